The normalized spacial score (nSPS) is 16.1. The summed E-state index contributed by atoms with van der Waals surface area (Å²) in [6.07, 6.45) is 0.111. The highest BCUT2D eigenvalue weighted by molar-refractivity contribution is 7.55. The Morgan fingerprint density at radius 3 is 2.59 bits per heavy atom. The number of hydrogen-bond acceptors (Lipinski definition) is 3. The van der Waals surface area contributed by atoms with Gasteiger partial charge < -0.3 is 9.63 Å². The number of rotatable bonds is 6. The molecule has 94 valence electrons. The van der Waals surface area contributed by atoms with Gasteiger partial charge in [-0.2, -0.15) is 0 Å². The van der Waals surface area contributed by atoms with Crippen molar-refractivity contribution in [2.24, 2.45) is 11.4 Å². The number of aliphatic carboxylic acids is 1. The van der Waals surface area contributed by atoms with Crippen molar-refractivity contribution in [2.75, 3.05) is 6.61 Å². The summed E-state index contributed by atoms with van der Waals surface area (Å²) in [7, 11) is -3.27. The lowest BCUT2D eigenvalue weighted by Crippen LogP contribution is -2.17. The average molecular weight is 257 g/mol. The number of benzene rings is 1. The van der Waals surface area contributed by atoms with Gasteiger partial charge in [0, 0.05) is 0 Å². The maximum atomic E-state index is 11.9. The largest absolute Gasteiger partial charge is 0.481 e. The smallest absolute Gasteiger partial charge is 0.308 e. The van der Waals surface area contributed by atoms with Gasteiger partial charge in [0.25, 0.3) is 7.52 Å². The van der Waals surface area contributed by atoms with E-state index in [1.165, 1.54) is 6.92 Å². The van der Waals surface area contributed by atoms with E-state index >= 15 is 0 Å². The van der Waals surface area contributed by atoms with Crippen LogP contribution in [0.25, 0.3) is 0 Å². The zero-order valence-corrected chi connectivity index (χ0v) is 10.5. The topological polar surface area (TPSA) is 89.6 Å². The molecular formula is C11H16NO4P. The van der Waals surface area contributed by atoms with Gasteiger partial charge in [0.05, 0.1) is 18.7 Å². The van der Waals surface area contributed by atoms with Crippen LogP contribution in [0.5, 0.6) is 0 Å². The molecule has 0 spiro atoms. The number of carboxylic acid groups (broad SMARTS) is 1. The minimum absolute atomic E-state index is 0.111. The molecule has 0 radical (unpaired) electrons. The zero-order valence-electron chi connectivity index (χ0n) is 9.57. The molecule has 0 saturated heterocycles. The van der Waals surface area contributed by atoms with E-state index < -0.39 is 19.4 Å². The number of nitrogens with two attached hydrogens (primary N) is 1. The molecule has 0 aliphatic heterocycles. The van der Waals surface area contributed by atoms with Crippen molar-refractivity contribution >= 4 is 13.5 Å². The Kier molecular flexibility index (Phi) is 4.87. The summed E-state index contributed by atoms with van der Waals surface area (Å²) in [5, 5.41) is 8.66. The van der Waals surface area contributed by atoms with Gasteiger partial charge in [-0.1, -0.05) is 30.3 Å². The van der Waals surface area contributed by atoms with E-state index in [0.29, 0.717) is 0 Å². The Morgan fingerprint density at radius 1 is 1.47 bits per heavy atom. The molecule has 6 heteroatoms. The van der Waals surface area contributed by atoms with Gasteiger partial charge in [-0.3, -0.25) is 14.9 Å². The second-order valence-electron chi connectivity index (χ2n) is 3.90. The van der Waals surface area contributed by atoms with E-state index in [-0.39, 0.29) is 12.8 Å². The summed E-state index contributed by atoms with van der Waals surface area (Å²) >= 11 is 0. The first-order chi connectivity index (χ1) is 7.91. The van der Waals surface area contributed by atoms with Crippen molar-refractivity contribution < 1.29 is 19.0 Å². The molecule has 1 aromatic rings. The molecule has 5 nitrogen and oxygen atoms in total. The summed E-state index contributed by atoms with van der Waals surface area (Å²) in [6.45, 7) is 1.33. The summed E-state index contributed by atoms with van der Waals surface area (Å²) in [5.41, 5.74) is 6.34. The quantitative estimate of drug-likeness (QED) is 0.761. The molecular weight excluding hydrogens is 241 g/mol. The van der Waals surface area contributed by atoms with Crippen LogP contribution in [0, 0.1) is 5.92 Å². The second-order valence-corrected chi connectivity index (χ2v) is 5.93. The first-order valence-corrected chi connectivity index (χ1v) is 7.07. The van der Waals surface area contributed by atoms with E-state index in [1.54, 1.807) is 12.1 Å². The Bertz CT molecular complexity index is 421. The Hall–Kier alpha value is -1.16. The number of carboxylic acids is 1. The third kappa shape index (κ3) is 5.13. The third-order valence-electron chi connectivity index (χ3n) is 2.21. The molecule has 0 aliphatic carbocycles. The van der Waals surface area contributed by atoms with Gasteiger partial charge in [0.15, 0.2) is 0 Å². The monoisotopic (exact) mass is 257 g/mol. The summed E-state index contributed by atoms with van der Waals surface area (Å²) < 4.78 is 16.9. The Morgan fingerprint density at radius 2 is 2.06 bits per heavy atom. The van der Waals surface area contributed by atoms with Gasteiger partial charge in [-0.15, -0.1) is 0 Å². The van der Waals surface area contributed by atoms with Crippen LogP contribution in [0.2, 0.25) is 0 Å². The molecule has 0 aromatic heterocycles. The van der Waals surface area contributed by atoms with Gasteiger partial charge in [-0.05, 0) is 12.5 Å². The highest BCUT2D eigenvalue weighted by Gasteiger charge is 2.21. The van der Waals surface area contributed by atoms with Crippen molar-refractivity contribution in [1.82, 2.24) is 0 Å². The standard InChI is InChI=1S/C11H16NO4P/c1-9(11(13)14)7-16-17(12,15)8-10-5-3-2-4-6-10/h2-6,9H,7-8H2,1H3,(H2,12,15)(H,13,14). The van der Waals surface area contributed by atoms with Crippen LogP contribution in [-0.4, -0.2) is 17.7 Å². The molecule has 0 bridgehead atoms. The Labute approximate surface area is 100 Å². The zero-order chi connectivity index (χ0) is 12.9. The van der Waals surface area contributed by atoms with Crippen molar-refractivity contribution in [1.29, 1.82) is 0 Å². The minimum Gasteiger partial charge on any atom is -0.481 e. The van der Waals surface area contributed by atoms with Crippen LogP contribution >= 0.6 is 7.52 Å². The van der Waals surface area contributed by atoms with Crippen molar-refractivity contribution in [2.45, 2.75) is 13.1 Å². The molecule has 0 saturated carbocycles. The molecule has 0 aliphatic rings. The van der Waals surface area contributed by atoms with Crippen molar-refractivity contribution in [3.8, 4) is 0 Å². The summed E-state index contributed by atoms with van der Waals surface area (Å²) in [4.78, 5) is 10.6. The lowest BCUT2D eigenvalue weighted by molar-refractivity contribution is -0.142. The maximum Gasteiger partial charge on any atom is 0.308 e. The molecule has 0 fully saturated rings. The van der Waals surface area contributed by atoms with Crippen molar-refractivity contribution in [3.05, 3.63) is 35.9 Å². The number of hydrogen-bond donors (Lipinski definition) is 2. The van der Waals surface area contributed by atoms with Crippen LogP contribution in [0.3, 0.4) is 0 Å². The van der Waals surface area contributed by atoms with Crippen LogP contribution in [0.15, 0.2) is 30.3 Å². The third-order valence-corrected chi connectivity index (χ3v) is 3.60. The lowest BCUT2D eigenvalue weighted by atomic mass is 10.2. The minimum atomic E-state index is -3.27. The first-order valence-electron chi connectivity index (χ1n) is 5.19. The highest BCUT2D eigenvalue weighted by atomic mass is 31.2. The van der Waals surface area contributed by atoms with Gasteiger partial charge in [0.1, 0.15) is 0 Å². The van der Waals surface area contributed by atoms with Gasteiger partial charge >= 0.3 is 5.97 Å². The van der Waals surface area contributed by atoms with E-state index in [2.05, 4.69) is 0 Å². The molecule has 2 atom stereocenters. The van der Waals surface area contributed by atoms with Crippen LogP contribution < -0.4 is 5.50 Å². The highest BCUT2D eigenvalue weighted by Crippen LogP contribution is 2.42. The summed E-state index contributed by atoms with van der Waals surface area (Å²) in [6, 6.07) is 9.07. The molecule has 1 aromatic carbocycles. The fourth-order valence-corrected chi connectivity index (χ4v) is 2.48. The van der Waals surface area contributed by atoms with Crippen molar-refractivity contribution in [3.63, 3.8) is 0 Å². The fraction of sp³-hybridized carbons (Fsp3) is 0.364. The number of carbonyl (C=O) groups is 1. The van der Waals surface area contributed by atoms with Crippen LogP contribution in [0.4, 0.5) is 0 Å². The van der Waals surface area contributed by atoms with E-state index in [4.69, 9.17) is 15.1 Å². The second kappa shape index (κ2) is 5.96. The van der Waals surface area contributed by atoms with Gasteiger partial charge in [0.2, 0.25) is 0 Å². The average Bonchev–Trinajstić information content (AvgIpc) is 2.26. The van der Waals surface area contributed by atoms with Crippen LogP contribution in [-0.2, 0) is 20.0 Å². The van der Waals surface area contributed by atoms with E-state index in [1.807, 2.05) is 18.2 Å². The maximum absolute atomic E-state index is 11.9. The molecule has 17 heavy (non-hydrogen) atoms. The molecule has 3 N–H and O–H groups in total. The molecule has 0 amide bonds. The summed E-state index contributed by atoms with van der Waals surface area (Å²) in [5.74, 6) is -1.72. The fourth-order valence-electron chi connectivity index (χ4n) is 1.19. The SMILES string of the molecule is CC(COP(N)(=O)Cc1ccccc1)C(=O)O. The predicted octanol–water partition coefficient (Wildman–Crippen LogP) is 2.08. The van der Waals surface area contributed by atoms with E-state index in [9.17, 15) is 9.36 Å². The Balaban J connectivity index is 2.52. The first kappa shape index (κ1) is 13.9. The molecule has 1 rings (SSSR count). The van der Waals surface area contributed by atoms with Crippen LogP contribution in [0.1, 0.15) is 12.5 Å². The van der Waals surface area contributed by atoms with E-state index in [0.717, 1.165) is 5.56 Å². The molecule has 0 heterocycles. The predicted molar refractivity (Wildman–Crippen MR) is 64.7 cm³/mol. The lowest BCUT2D eigenvalue weighted by Gasteiger charge is -2.15. The molecule has 2 unspecified atom stereocenters. The van der Waals surface area contributed by atoms with Gasteiger partial charge in [-0.25, -0.2) is 0 Å².